The van der Waals surface area contributed by atoms with Crippen LogP contribution in [-0.4, -0.2) is 62.7 Å². The second kappa shape index (κ2) is 5.79. The number of carbonyl (C=O) groups excluding carboxylic acids is 1. The second-order valence-corrected chi connectivity index (χ2v) is 4.50. The first kappa shape index (κ1) is 13.5. The van der Waals surface area contributed by atoms with Gasteiger partial charge in [0.15, 0.2) is 0 Å². The summed E-state index contributed by atoms with van der Waals surface area (Å²) >= 11 is 0. The largest absolute Gasteiger partial charge is 0.481 e. The van der Waals surface area contributed by atoms with E-state index in [9.17, 15) is 9.59 Å². The topological polar surface area (TPSA) is 97.6 Å². The van der Waals surface area contributed by atoms with Crippen molar-refractivity contribution in [2.75, 3.05) is 19.7 Å². The van der Waals surface area contributed by atoms with Crippen LogP contribution in [0.15, 0.2) is 6.20 Å². The van der Waals surface area contributed by atoms with E-state index in [1.165, 1.54) is 10.9 Å². The molecule has 1 fully saturated rings. The molecule has 2 heterocycles. The summed E-state index contributed by atoms with van der Waals surface area (Å²) < 4.78 is 6.72. The van der Waals surface area contributed by atoms with Crippen molar-refractivity contribution in [1.82, 2.24) is 19.9 Å². The average Bonchev–Trinajstić information content (AvgIpc) is 2.75. The molecule has 1 aromatic heterocycles. The maximum atomic E-state index is 12.0. The fourth-order valence-corrected chi connectivity index (χ4v) is 1.94. The van der Waals surface area contributed by atoms with Crippen molar-refractivity contribution in [2.24, 2.45) is 0 Å². The Morgan fingerprint density at radius 3 is 3.05 bits per heavy atom. The van der Waals surface area contributed by atoms with Gasteiger partial charge < -0.3 is 14.7 Å². The van der Waals surface area contributed by atoms with E-state index >= 15 is 0 Å². The fraction of sp³-hybridized carbons (Fsp3) is 0.636. The maximum Gasteiger partial charge on any atom is 0.309 e. The van der Waals surface area contributed by atoms with E-state index in [-0.39, 0.29) is 25.0 Å². The highest BCUT2D eigenvalue weighted by molar-refractivity contribution is 5.76. The van der Waals surface area contributed by atoms with Gasteiger partial charge in [-0.15, -0.1) is 5.10 Å². The number of nitrogens with zero attached hydrogens (tertiary/aromatic N) is 4. The van der Waals surface area contributed by atoms with Gasteiger partial charge in [0.25, 0.3) is 0 Å². The molecule has 0 aromatic carbocycles. The summed E-state index contributed by atoms with van der Waals surface area (Å²) in [4.78, 5) is 24.2. The molecule has 104 valence electrons. The van der Waals surface area contributed by atoms with Gasteiger partial charge in [-0.3, -0.25) is 9.59 Å². The van der Waals surface area contributed by atoms with Gasteiger partial charge in [0.1, 0.15) is 6.54 Å². The average molecular weight is 268 g/mol. The number of hydrogen-bond acceptors (Lipinski definition) is 5. The van der Waals surface area contributed by atoms with Gasteiger partial charge >= 0.3 is 5.97 Å². The Kier molecular flexibility index (Phi) is 4.10. The first-order valence-electron chi connectivity index (χ1n) is 6.05. The molecule has 1 aromatic rings. The zero-order chi connectivity index (χ0) is 13.8. The molecule has 0 aliphatic carbocycles. The Morgan fingerprint density at radius 2 is 2.37 bits per heavy atom. The number of aromatic nitrogens is 3. The normalized spacial score (nSPS) is 19.4. The van der Waals surface area contributed by atoms with E-state index < -0.39 is 5.97 Å². The number of carboxylic acid groups (broad SMARTS) is 1. The van der Waals surface area contributed by atoms with Crippen molar-refractivity contribution < 1.29 is 19.4 Å². The molecule has 1 saturated heterocycles. The van der Waals surface area contributed by atoms with Crippen LogP contribution in [0, 0.1) is 0 Å². The molecule has 1 aliphatic rings. The van der Waals surface area contributed by atoms with Crippen LogP contribution in [0.5, 0.6) is 0 Å². The summed E-state index contributed by atoms with van der Waals surface area (Å²) in [5.41, 5.74) is 0.343. The second-order valence-electron chi connectivity index (χ2n) is 4.50. The molecule has 8 nitrogen and oxygen atoms in total. The lowest BCUT2D eigenvalue weighted by molar-refractivity contribution is -0.139. The number of rotatable bonds is 4. The highest BCUT2D eigenvalue weighted by atomic mass is 16.5. The number of morpholine rings is 1. The van der Waals surface area contributed by atoms with E-state index in [0.717, 1.165) is 0 Å². The van der Waals surface area contributed by atoms with Gasteiger partial charge in [-0.2, -0.15) is 0 Å². The van der Waals surface area contributed by atoms with E-state index in [1.54, 1.807) is 4.90 Å². The highest BCUT2D eigenvalue weighted by Gasteiger charge is 2.21. The molecule has 1 aliphatic heterocycles. The lowest BCUT2D eigenvalue weighted by atomic mass is 10.3. The molecule has 0 bridgehead atoms. The first-order chi connectivity index (χ1) is 9.04. The van der Waals surface area contributed by atoms with Crippen molar-refractivity contribution in [2.45, 2.75) is 26.0 Å². The van der Waals surface area contributed by atoms with Crippen molar-refractivity contribution in [3.8, 4) is 0 Å². The number of carbonyl (C=O) groups is 2. The van der Waals surface area contributed by atoms with Crippen molar-refractivity contribution in [1.29, 1.82) is 0 Å². The molecule has 1 amide bonds. The molecule has 0 radical (unpaired) electrons. The Labute approximate surface area is 109 Å². The summed E-state index contributed by atoms with van der Waals surface area (Å²) in [6.45, 7) is 3.66. The monoisotopic (exact) mass is 268 g/mol. The number of aliphatic carboxylic acids is 1. The minimum Gasteiger partial charge on any atom is -0.481 e. The van der Waals surface area contributed by atoms with E-state index in [2.05, 4.69) is 10.3 Å². The van der Waals surface area contributed by atoms with Crippen molar-refractivity contribution >= 4 is 11.9 Å². The standard InChI is InChI=1S/C11H16N4O4/c1-8-5-14(2-3-19-8)10(16)7-15-6-9(12-13-15)4-11(17)18/h6,8H,2-5,7H2,1H3,(H,17,18). The molecule has 2 rings (SSSR count). The Balaban J connectivity index is 1.91. The lowest BCUT2D eigenvalue weighted by Crippen LogP contribution is -2.45. The first-order valence-corrected chi connectivity index (χ1v) is 6.05. The van der Waals surface area contributed by atoms with Gasteiger partial charge in [0, 0.05) is 19.3 Å². The molecule has 19 heavy (non-hydrogen) atoms. The predicted octanol–water partition coefficient (Wildman–Crippen LogP) is -0.847. The van der Waals surface area contributed by atoms with E-state index in [0.29, 0.717) is 25.4 Å². The third-order valence-corrected chi connectivity index (χ3v) is 2.81. The van der Waals surface area contributed by atoms with E-state index in [1.807, 2.05) is 6.92 Å². The maximum absolute atomic E-state index is 12.0. The molecular weight excluding hydrogens is 252 g/mol. The molecule has 0 spiro atoms. The quantitative estimate of drug-likeness (QED) is 0.764. The number of carboxylic acids is 1. The fourth-order valence-electron chi connectivity index (χ4n) is 1.94. The van der Waals surface area contributed by atoms with Gasteiger partial charge in [0.2, 0.25) is 5.91 Å². The van der Waals surface area contributed by atoms with Crippen molar-refractivity contribution in [3.63, 3.8) is 0 Å². The van der Waals surface area contributed by atoms with Crippen LogP contribution in [0.3, 0.4) is 0 Å². The zero-order valence-electron chi connectivity index (χ0n) is 10.7. The highest BCUT2D eigenvalue weighted by Crippen LogP contribution is 2.05. The van der Waals surface area contributed by atoms with Gasteiger partial charge in [-0.25, -0.2) is 4.68 Å². The third kappa shape index (κ3) is 3.75. The van der Waals surface area contributed by atoms with Gasteiger partial charge in [-0.1, -0.05) is 5.21 Å². The number of hydrogen-bond donors (Lipinski definition) is 1. The van der Waals surface area contributed by atoms with Crippen LogP contribution < -0.4 is 0 Å². The van der Waals surface area contributed by atoms with Crippen LogP contribution in [0.1, 0.15) is 12.6 Å². The number of amides is 1. The van der Waals surface area contributed by atoms with Crippen LogP contribution >= 0.6 is 0 Å². The summed E-state index contributed by atoms with van der Waals surface area (Å²) in [6.07, 6.45) is 1.33. The molecule has 1 N–H and O–H groups in total. The minimum absolute atomic E-state index is 0.0380. The van der Waals surface area contributed by atoms with Gasteiger partial charge in [-0.05, 0) is 6.92 Å². The lowest BCUT2D eigenvalue weighted by Gasteiger charge is -2.31. The van der Waals surface area contributed by atoms with Crippen LogP contribution in [0.4, 0.5) is 0 Å². The third-order valence-electron chi connectivity index (χ3n) is 2.81. The van der Waals surface area contributed by atoms with Crippen LogP contribution in [0.2, 0.25) is 0 Å². The molecule has 0 saturated carbocycles. The Bertz CT molecular complexity index is 473. The smallest absolute Gasteiger partial charge is 0.309 e. The predicted molar refractivity (Wildman–Crippen MR) is 63.4 cm³/mol. The van der Waals surface area contributed by atoms with Gasteiger partial charge in [0.05, 0.1) is 24.8 Å². The Morgan fingerprint density at radius 1 is 1.58 bits per heavy atom. The summed E-state index contributed by atoms with van der Waals surface area (Å²) in [5.74, 6) is -1.04. The van der Waals surface area contributed by atoms with Crippen LogP contribution in [-0.2, 0) is 27.3 Å². The van der Waals surface area contributed by atoms with Crippen LogP contribution in [0.25, 0.3) is 0 Å². The molecular formula is C11H16N4O4. The molecule has 1 unspecified atom stereocenters. The summed E-state index contributed by atoms with van der Waals surface area (Å²) in [7, 11) is 0. The minimum atomic E-state index is -0.972. The summed E-state index contributed by atoms with van der Waals surface area (Å²) in [5, 5.41) is 16.1. The Hall–Kier alpha value is -1.96. The molecule has 1 atom stereocenters. The number of ether oxygens (including phenoxy) is 1. The summed E-state index contributed by atoms with van der Waals surface area (Å²) in [6, 6.07) is 0. The van der Waals surface area contributed by atoms with E-state index in [4.69, 9.17) is 9.84 Å². The molecule has 8 heteroatoms. The SMILES string of the molecule is CC1CN(C(=O)Cn2cc(CC(=O)O)nn2)CCO1. The zero-order valence-corrected chi connectivity index (χ0v) is 10.7. The van der Waals surface area contributed by atoms with Crippen molar-refractivity contribution in [3.05, 3.63) is 11.9 Å².